The molecule has 27 heteroatoms. The average molecular weight is 857 g/mol. The number of likely N-dealkylation sites (N-methyl/N-ethyl adjacent to an activating group) is 2. The molecule has 2 aromatic carbocycles. The largest absolute Gasteiger partial charge is 0.726 e. The first-order chi connectivity index (χ1) is 26.5. The van der Waals surface area contributed by atoms with Gasteiger partial charge in [-0.3, -0.25) is 53.0 Å². The Bertz CT molecular complexity index is 1840. The molecule has 0 atom stereocenters. The van der Waals surface area contributed by atoms with Crippen LogP contribution < -0.4 is 9.80 Å². The van der Waals surface area contributed by atoms with E-state index >= 15 is 0 Å². The lowest BCUT2D eigenvalue weighted by molar-refractivity contribution is -0.890. The highest BCUT2D eigenvalue weighted by Crippen LogP contribution is 2.34. The van der Waals surface area contributed by atoms with E-state index in [1.54, 1.807) is 0 Å². The van der Waals surface area contributed by atoms with Crippen molar-refractivity contribution >= 4 is 54.9 Å². The number of non-ortho nitro benzene ring substituents is 2. The van der Waals surface area contributed by atoms with E-state index in [1.807, 2.05) is 16.8 Å². The monoisotopic (exact) mass is 856 g/mol. The van der Waals surface area contributed by atoms with Gasteiger partial charge in [0.05, 0.1) is 93.4 Å². The number of piperazine rings is 2. The average Bonchev–Trinajstić information content (AvgIpc) is 3.76. The van der Waals surface area contributed by atoms with Gasteiger partial charge in [0.15, 0.2) is 0 Å². The fourth-order valence-corrected chi connectivity index (χ4v) is 5.09. The molecule has 3 saturated heterocycles. The summed E-state index contributed by atoms with van der Waals surface area (Å²) in [5, 5.41) is 43.6. The molecule has 3 aliphatic heterocycles. The van der Waals surface area contributed by atoms with Crippen molar-refractivity contribution in [2.24, 2.45) is 0 Å². The van der Waals surface area contributed by atoms with E-state index in [0.29, 0.717) is 37.6 Å². The minimum absolute atomic E-state index is 0.202. The van der Waals surface area contributed by atoms with Gasteiger partial charge in [0.2, 0.25) is 10.4 Å². The van der Waals surface area contributed by atoms with Crippen molar-refractivity contribution < 1.29 is 62.9 Å². The van der Waals surface area contributed by atoms with Crippen molar-refractivity contribution in [3.63, 3.8) is 0 Å². The van der Waals surface area contributed by atoms with Gasteiger partial charge in [-0.2, -0.15) is 8.42 Å². The molecule has 0 bridgehead atoms. The number of nitrogens with zero attached hydrogens (tertiary/aromatic N) is 8. The van der Waals surface area contributed by atoms with Crippen LogP contribution in [0.25, 0.3) is 0 Å². The molecule has 3 heterocycles. The first kappa shape index (κ1) is 50.3. The van der Waals surface area contributed by atoms with Gasteiger partial charge in [0.25, 0.3) is 22.7 Å². The standard InChI is InChI=1S/C12H17N4O4.C11H14N4O4.C4H8O.C2H6O4S.CH4O4S/c1-16(2)7-5-13(6-8-16)11-4-3-10(14(17)18)9-12(11)15(19)20;1-12-4-6-13(7-5-12)10-3-2-9(14(16)17)8-11(10)15(18)19;1-2-4-5-3-1;1-5-7(3,4)6-2;1-5-6(2,3)4/h3-4,9H,5-8H2,1-2H3;2-3,8H,4-7H2,1H3;1-4H2;1-2H3;1H3,(H,2,3,4)/q+1;;;;/p-1. The van der Waals surface area contributed by atoms with E-state index in [-0.39, 0.29) is 22.7 Å². The van der Waals surface area contributed by atoms with Crippen molar-refractivity contribution in [1.29, 1.82) is 0 Å². The van der Waals surface area contributed by atoms with E-state index in [9.17, 15) is 61.8 Å². The fourth-order valence-electron chi connectivity index (χ4n) is 4.95. The third-order valence-electron chi connectivity index (χ3n) is 8.31. The Labute approximate surface area is 329 Å². The molecule has 322 valence electrons. The number of quaternary nitrogens is 1. The summed E-state index contributed by atoms with van der Waals surface area (Å²) in [6, 6.07) is 7.61. The van der Waals surface area contributed by atoms with Crippen LogP contribution >= 0.6 is 0 Å². The molecule has 57 heavy (non-hydrogen) atoms. The van der Waals surface area contributed by atoms with E-state index in [4.69, 9.17) is 4.74 Å². The van der Waals surface area contributed by atoms with Gasteiger partial charge in [-0.15, -0.1) is 0 Å². The highest BCUT2D eigenvalue weighted by Gasteiger charge is 2.30. The second kappa shape index (κ2) is 23.5. The Hall–Kier alpha value is -4.74. The number of hydrogen-bond donors (Lipinski definition) is 0. The lowest BCUT2D eigenvalue weighted by Gasteiger charge is -2.39. The molecule has 0 radical (unpaired) electrons. The minimum atomic E-state index is -4.41. The molecule has 0 unspecified atom stereocenters. The van der Waals surface area contributed by atoms with Gasteiger partial charge in [-0.05, 0) is 32.0 Å². The Kier molecular flexibility index (Phi) is 20.7. The molecule has 0 aromatic heterocycles. The number of benzene rings is 2. The van der Waals surface area contributed by atoms with Crippen LogP contribution in [0.2, 0.25) is 0 Å². The molecule has 25 nitrogen and oxygen atoms in total. The third-order valence-corrected chi connectivity index (χ3v) is 9.53. The maximum atomic E-state index is 11.1. The van der Waals surface area contributed by atoms with Crippen LogP contribution in [0, 0.1) is 40.5 Å². The van der Waals surface area contributed by atoms with Gasteiger partial charge in [0.1, 0.15) is 11.4 Å². The van der Waals surface area contributed by atoms with Crippen LogP contribution in [0.5, 0.6) is 0 Å². The normalized spacial score (nSPS) is 16.5. The summed E-state index contributed by atoms with van der Waals surface area (Å²) < 4.78 is 64.4. The third kappa shape index (κ3) is 18.8. The highest BCUT2D eigenvalue weighted by molar-refractivity contribution is 7.81. The van der Waals surface area contributed by atoms with Crippen molar-refractivity contribution in [3.8, 4) is 0 Å². The first-order valence-corrected chi connectivity index (χ1v) is 19.5. The van der Waals surface area contributed by atoms with Crippen LogP contribution in [-0.4, -0.2) is 159 Å². The Morgan fingerprint density at radius 1 is 0.632 bits per heavy atom. The Morgan fingerprint density at radius 2 is 1.00 bits per heavy atom. The molecule has 3 fully saturated rings. The quantitative estimate of drug-likeness (QED) is 0.115. The summed E-state index contributed by atoms with van der Waals surface area (Å²) in [7, 11) is 1.00. The smallest absolute Gasteiger partial charge is 0.399 e. The predicted molar refractivity (Wildman–Crippen MR) is 203 cm³/mol. The predicted octanol–water partition coefficient (Wildman–Crippen LogP) is 2.07. The van der Waals surface area contributed by atoms with Crippen molar-refractivity contribution in [3.05, 3.63) is 76.9 Å². The number of nitro groups is 4. The summed E-state index contributed by atoms with van der Waals surface area (Å²) in [5.41, 5.74) is -0.0210. The maximum Gasteiger partial charge on any atom is 0.399 e. The maximum absolute atomic E-state index is 11.1. The lowest BCUT2D eigenvalue weighted by Crippen LogP contribution is -2.54. The zero-order chi connectivity index (χ0) is 43.6. The summed E-state index contributed by atoms with van der Waals surface area (Å²) in [6.07, 6.45) is 2.56. The van der Waals surface area contributed by atoms with Crippen LogP contribution in [0.1, 0.15) is 12.8 Å². The van der Waals surface area contributed by atoms with Crippen molar-refractivity contribution in [1.82, 2.24) is 4.90 Å². The van der Waals surface area contributed by atoms with Crippen molar-refractivity contribution in [2.45, 2.75) is 12.8 Å². The van der Waals surface area contributed by atoms with E-state index in [0.717, 1.165) is 77.3 Å². The Balaban J connectivity index is 0.000000401. The lowest BCUT2D eigenvalue weighted by atomic mass is 10.2. The van der Waals surface area contributed by atoms with Gasteiger partial charge >= 0.3 is 10.4 Å². The van der Waals surface area contributed by atoms with Gasteiger partial charge in [-0.25, -0.2) is 8.42 Å². The molecular formula is C30H48N8O17S2. The SMILES string of the molecule is C1CCOC1.CN1CCN(c2ccc([N+](=O)[O-])cc2[N+](=O)[O-])CC1.COS(=O)(=O)OC.COS(=O)(=O)[O-].C[N+]1(C)CCN(c2ccc([N+](=O)[O-])cc2[N+](=O)[O-])CC1. The number of hydrogen-bond acceptors (Lipinski definition) is 20. The molecule has 0 N–H and O–H groups in total. The van der Waals surface area contributed by atoms with Crippen molar-refractivity contribution in [2.75, 3.05) is 118 Å². The second-order valence-corrected chi connectivity index (χ2v) is 15.3. The van der Waals surface area contributed by atoms with Gasteiger partial charge in [-0.1, -0.05) is 0 Å². The van der Waals surface area contributed by atoms with Crippen LogP contribution in [-0.2, 0) is 38.1 Å². The summed E-state index contributed by atoms with van der Waals surface area (Å²) in [5.74, 6) is 0. The van der Waals surface area contributed by atoms with Crippen LogP contribution in [0.4, 0.5) is 34.1 Å². The van der Waals surface area contributed by atoms with E-state index < -0.39 is 40.5 Å². The molecule has 0 aliphatic carbocycles. The zero-order valence-electron chi connectivity index (χ0n) is 32.3. The number of anilines is 2. The summed E-state index contributed by atoms with van der Waals surface area (Å²) in [6.45, 7) is 8.15. The second-order valence-electron chi connectivity index (χ2n) is 12.7. The Morgan fingerprint density at radius 3 is 1.26 bits per heavy atom. The van der Waals surface area contributed by atoms with Crippen LogP contribution in [0.3, 0.4) is 0 Å². The number of ether oxygens (including phenoxy) is 1. The molecule has 0 saturated carbocycles. The summed E-state index contributed by atoms with van der Waals surface area (Å²) >= 11 is 0. The van der Waals surface area contributed by atoms with E-state index in [1.165, 1.54) is 37.1 Å². The molecular weight excluding hydrogens is 809 g/mol. The topological polar surface area (TPSA) is 311 Å². The first-order valence-electron chi connectivity index (χ1n) is 16.8. The number of rotatable bonds is 9. The zero-order valence-corrected chi connectivity index (χ0v) is 33.9. The van der Waals surface area contributed by atoms with Crippen LogP contribution in [0.15, 0.2) is 36.4 Å². The van der Waals surface area contributed by atoms with Gasteiger partial charge in [0, 0.05) is 51.5 Å². The van der Waals surface area contributed by atoms with E-state index in [2.05, 4.69) is 31.5 Å². The molecule has 5 rings (SSSR count). The fraction of sp³-hybridized carbons (Fsp3) is 0.600. The highest BCUT2D eigenvalue weighted by atomic mass is 32.3. The molecule has 0 amide bonds. The molecule has 0 spiro atoms. The molecule has 2 aromatic rings. The van der Waals surface area contributed by atoms with Gasteiger partial charge < -0.3 is 28.5 Å². The molecule has 3 aliphatic rings. The minimum Gasteiger partial charge on any atom is -0.726 e. The summed E-state index contributed by atoms with van der Waals surface area (Å²) in [4.78, 5) is 47.1. The number of nitro benzene ring substituents is 4.